The number of ether oxygens (including phenoxy) is 1. The van der Waals surface area contributed by atoms with E-state index in [2.05, 4.69) is 29.4 Å². The molecule has 0 saturated heterocycles. The van der Waals surface area contributed by atoms with Gasteiger partial charge in [0.25, 0.3) is 0 Å². The first-order valence-corrected chi connectivity index (χ1v) is 7.63. The molecule has 0 aliphatic carbocycles. The molecule has 0 amide bonds. The van der Waals surface area contributed by atoms with E-state index in [1.165, 1.54) is 10.6 Å². The van der Waals surface area contributed by atoms with E-state index in [9.17, 15) is 0 Å². The lowest BCUT2D eigenvalue weighted by Gasteiger charge is -2.29. The van der Waals surface area contributed by atoms with E-state index in [1.54, 1.807) is 11.3 Å². The molecule has 2 heterocycles. The SMILES string of the molecule is CCC(NC1CCOc2ccccc21)c1nccs1. The summed E-state index contributed by atoms with van der Waals surface area (Å²) in [6.07, 6.45) is 3.94. The van der Waals surface area contributed by atoms with Crippen LogP contribution in [0.15, 0.2) is 35.8 Å². The molecule has 0 radical (unpaired) electrons. The molecular weight excluding hydrogens is 256 g/mol. The van der Waals surface area contributed by atoms with Crippen molar-refractivity contribution < 1.29 is 4.74 Å². The highest BCUT2D eigenvalue weighted by atomic mass is 32.1. The van der Waals surface area contributed by atoms with Crippen molar-refractivity contribution in [1.82, 2.24) is 10.3 Å². The molecule has 1 aromatic heterocycles. The number of aromatic nitrogens is 1. The first-order chi connectivity index (χ1) is 9.38. The zero-order valence-electron chi connectivity index (χ0n) is 11.0. The monoisotopic (exact) mass is 274 g/mol. The minimum atomic E-state index is 0.330. The molecule has 0 bridgehead atoms. The van der Waals surface area contributed by atoms with Gasteiger partial charge in [-0.25, -0.2) is 4.98 Å². The standard InChI is InChI=1S/C15H18N2OS/c1-2-12(15-16-8-10-19-15)17-13-7-9-18-14-6-4-3-5-11(13)14/h3-6,8,10,12-13,17H,2,7,9H2,1H3. The van der Waals surface area contributed by atoms with Gasteiger partial charge in [0.15, 0.2) is 0 Å². The lowest BCUT2D eigenvalue weighted by atomic mass is 9.99. The van der Waals surface area contributed by atoms with E-state index in [-0.39, 0.29) is 0 Å². The Morgan fingerprint density at radius 1 is 1.47 bits per heavy atom. The molecule has 100 valence electrons. The third kappa shape index (κ3) is 2.65. The first kappa shape index (κ1) is 12.6. The van der Waals surface area contributed by atoms with Gasteiger partial charge in [0.1, 0.15) is 10.8 Å². The quantitative estimate of drug-likeness (QED) is 0.923. The minimum Gasteiger partial charge on any atom is -0.493 e. The Hall–Kier alpha value is -1.39. The van der Waals surface area contributed by atoms with Gasteiger partial charge in [-0.05, 0) is 12.5 Å². The summed E-state index contributed by atoms with van der Waals surface area (Å²) in [6.45, 7) is 2.98. The van der Waals surface area contributed by atoms with Crippen molar-refractivity contribution in [3.8, 4) is 5.75 Å². The second-order valence-electron chi connectivity index (χ2n) is 4.73. The molecule has 19 heavy (non-hydrogen) atoms. The maximum Gasteiger partial charge on any atom is 0.124 e. The number of para-hydroxylation sites is 1. The number of nitrogens with one attached hydrogen (secondary N) is 1. The normalized spacial score (nSPS) is 19.5. The molecule has 2 aromatic rings. The predicted molar refractivity (Wildman–Crippen MR) is 77.6 cm³/mol. The maximum atomic E-state index is 5.71. The zero-order valence-corrected chi connectivity index (χ0v) is 11.8. The van der Waals surface area contributed by atoms with Crippen LogP contribution in [0, 0.1) is 0 Å². The number of rotatable bonds is 4. The fourth-order valence-corrected chi connectivity index (χ4v) is 3.31. The van der Waals surface area contributed by atoms with Gasteiger partial charge in [-0.1, -0.05) is 25.1 Å². The van der Waals surface area contributed by atoms with Crippen molar-refractivity contribution in [2.45, 2.75) is 31.8 Å². The van der Waals surface area contributed by atoms with Crippen LogP contribution >= 0.6 is 11.3 Å². The molecule has 1 aliphatic heterocycles. The first-order valence-electron chi connectivity index (χ1n) is 6.75. The molecule has 0 spiro atoms. The van der Waals surface area contributed by atoms with Crippen LogP contribution in [0.2, 0.25) is 0 Å². The van der Waals surface area contributed by atoms with E-state index in [0.717, 1.165) is 25.2 Å². The van der Waals surface area contributed by atoms with E-state index >= 15 is 0 Å². The van der Waals surface area contributed by atoms with Crippen LogP contribution in [0.5, 0.6) is 5.75 Å². The van der Waals surface area contributed by atoms with Gasteiger partial charge in [-0.15, -0.1) is 11.3 Å². The van der Waals surface area contributed by atoms with Crippen molar-refractivity contribution >= 4 is 11.3 Å². The summed E-state index contributed by atoms with van der Waals surface area (Å²) < 4.78 is 5.71. The highest BCUT2D eigenvalue weighted by molar-refractivity contribution is 7.09. The van der Waals surface area contributed by atoms with Crippen molar-refractivity contribution in [3.63, 3.8) is 0 Å². The number of nitrogens with zero attached hydrogens (tertiary/aromatic N) is 1. The van der Waals surface area contributed by atoms with Crippen molar-refractivity contribution in [2.75, 3.05) is 6.61 Å². The van der Waals surface area contributed by atoms with Crippen molar-refractivity contribution in [1.29, 1.82) is 0 Å². The van der Waals surface area contributed by atoms with Crippen LogP contribution in [0.1, 0.15) is 42.4 Å². The lowest BCUT2D eigenvalue weighted by Crippen LogP contribution is -2.30. The minimum absolute atomic E-state index is 0.330. The average molecular weight is 274 g/mol. The second kappa shape index (κ2) is 5.72. The Kier molecular flexibility index (Phi) is 3.80. The van der Waals surface area contributed by atoms with Gasteiger partial charge in [0.2, 0.25) is 0 Å². The van der Waals surface area contributed by atoms with Crippen LogP contribution < -0.4 is 10.1 Å². The number of benzene rings is 1. The number of fused-ring (bicyclic) bond motifs is 1. The number of thiazole rings is 1. The maximum absolute atomic E-state index is 5.71. The summed E-state index contributed by atoms with van der Waals surface area (Å²) in [6, 6.07) is 9.00. The summed E-state index contributed by atoms with van der Waals surface area (Å²) in [5, 5.41) is 6.94. The smallest absolute Gasteiger partial charge is 0.124 e. The van der Waals surface area contributed by atoms with E-state index < -0.39 is 0 Å². The summed E-state index contributed by atoms with van der Waals surface area (Å²) >= 11 is 1.72. The van der Waals surface area contributed by atoms with Crippen LogP contribution in [0.25, 0.3) is 0 Å². The van der Waals surface area contributed by atoms with Gasteiger partial charge >= 0.3 is 0 Å². The van der Waals surface area contributed by atoms with Crippen molar-refractivity contribution in [2.24, 2.45) is 0 Å². The zero-order chi connectivity index (χ0) is 13.1. The average Bonchev–Trinajstić information content (AvgIpc) is 2.99. The molecule has 2 atom stereocenters. The van der Waals surface area contributed by atoms with E-state index in [0.29, 0.717) is 12.1 Å². The van der Waals surface area contributed by atoms with Gasteiger partial charge < -0.3 is 10.1 Å². The van der Waals surface area contributed by atoms with E-state index in [1.807, 2.05) is 23.7 Å². The Morgan fingerprint density at radius 3 is 3.16 bits per heavy atom. The fourth-order valence-electron chi connectivity index (χ4n) is 2.53. The fraction of sp³-hybridized carbons (Fsp3) is 0.400. The molecule has 3 nitrogen and oxygen atoms in total. The number of hydrogen-bond acceptors (Lipinski definition) is 4. The number of hydrogen-bond donors (Lipinski definition) is 1. The van der Waals surface area contributed by atoms with Gasteiger partial charge in [-0.2, -0.15) is 0 Å². The van der Waals surface area contributed by atoms with Gasteiger partial charge in [-0.3, -0.25) is 0 Å². The summed E-state index contributed by atoms with van der Waals surface area (Å²) in [5.41, 5.74) is 1.27. The lowest BCUT2D eigenvalue weighted by molar-refractivity contribution is 0.243. The molecule has 4 heteroatoms. The highest BCUT2D eigenvalue weighted by Crippen LogP contribution is 2.34. The van der Waals surface area contributed by atoms with Crippen LogP contribution in [0.4, 0.5) is 0 Å². The summed E-state index contributed by atoms with van der Waals surface area (Å²) in [4.78, 5) is 4.43. The molecular formula is C15H18N2OS. The van der Waals surface area contributed by atoms with E-state index in [4.69, 9.17) is 4.74 Å². The van der Waals surface area contributed by atoms with Gasteiger partial charge in [0, 0.05) is 29.6 Å². The third-order valence-corrected chi connectivity index (χ3v) is 4.41. The summed E-state index contributed by atoms with van der Waals surface area (Å²) in [5.74, 6) is 1.01. The Bertz CT molecular complexity index is 527. The topological polar surface area (TPSA) is 34.1 Å². The third-order valence-electron chi connectivity index (χ3n) is 3.52. The molecule has 3 rings (SSSR count). The molecule has 0 fully saturated rings. The molecule has 1 aliphatic rings. The largest absolute Gasteiger partial charge is 0.493 e. The van der Waals surface area contributed by atoms with Crippen LogP contribution in [-0.2, 0) is 0 Å². The highest BCUT2D eigenvalue weighted by Gasteiger charge is 2.24. The Balaban J connectivity index is 1.80. The molecule has 2 unspecified atom stereocenters. The summed E-state index contributed by atoms with van der Waals surface area (Å²) in [7, 11) is 0. The van der Waals surface area contributed by atoms with Crippen LogP contribution in [0.3, 0.4) is 0 Å². The predicted octanol–water partition coefficient (Wildman–Crippen LogP) is 3.71. The molecule has 1 N–H and O–H groups in total. The second-order valence-corrected chi connectivity index (χ2v) is 5.65. The van der Waals surface area contributed by atoms with Gasteiger partial charge in [0.05, 0.1) is 12.6 Å². The Morgan fingerprint density at radius 2 is 2.37 bits per heavy atom. The Labute approximate surface area is 117 Å². The van der Waals surface area contributed by atoms with Crippen LogP contribution in [-0.4, -0.2) is 11.6 Å². The molecule has 1 aromatic carbocycles. The molecule has 0 saturated carbocycles. The van der Waals surface area contributed by atoms with Crippen molar-refractivity contribution in [3.05, 3.63) is 46.4 Å².